The Morgan fingerprint density at radius 3 is 2.74 bits per heavy atom. The number of nitrogens with two attached hydrogens (primary N) is 1. The zero-order valence-electron chi connectivity index (χ0n) is 10.4. The number of rotatable bonds is 6. The van der Waals surface area contributed by atoms with Gasteiger partial charge in [0.05, 0.1) is 13.2 Å². The zero-order valence-corrected chi connectivity index (χ0v) is 11.9. The van der Waals surface area contributed by atoms with Crippen LogP contribution in [-0.4, -0.2) is 30.1 Å². The highest BCUT2D eigenvalue weighted by molar-refractivity contribution is 9.10. The summed E-state index contributed by atoms with van der Waals surface area (Å²) in [6.45, 7) is 0. The summed E-state index contributed by atoms with van der Waals surface area (Å²) in [5.41, 5.74) is 6.13. The van der Waals surface area contributed by atoms with Gasteiger partial charge in [-0.15, -0.1) is 0 Å². The number of aliphatic carboxylic acids is 1. The Hall–Kier alpha value is -1.60. The van der Waals surface area contributed by atoms with Crippen molar-refractivity contribution in [3.63, 3.8) is 0 Å². The molecule has 0 fully saturated rings. The van der Waals surface area contributed by atoms with E-state index in [1.54, 1.807) is 18.2 Å². The molecule has 0 aliphatic rings. The molecule has 1 aromatic carbocycles. The van der Waals surface area contributed by atoms with Crippen LogP contribution in [0.3, 0.4) is 0 Å². The summed E-state index contributed by atoms with van der Waals surface area (Å²) in [6.07, 6.45) is -0.0529. The predicted molar refractivity (Wildman–Crippen MR) is 74.2 cm³/mol. The van der Waals surface area contributed by atoms with Crippen LogP contribution in [0.4, 0.5) is 5.69 Å². The minimum absolute atomic E-state index is 0.0896. The number of carbonyl (C=O) groups excluding carboxylic acids is 1. The fourth-order valence-electron chi connectivity index (χ4n) is 1.40. The van der Waals surface area contributed by atoms with Crippen LogP contribution in [0.1, 0.15) is 12.8 Å². The first kappa shape index (κ1) is 15.5. The quantitative estimate of drug-likeness (QED) is 0.735. The number of methoxy groups -OCH3 is 1. The highest BCUT2D eigenvalue weighted by atomic mass is 79.9. The lowest BCUT2D eigenvalue weighted by molar-refractivity contribution is -0.137. The molecule has 1 rings (SSSR count). The molecule has 0 aliphatic carbocycles. The maximum Gasteiger partial charge on any atom is 0.303 e. The van der Waals surface area contributed by atoms with E-state index in [0.29, 0.717) is 11.4 Å². The molecule has 0 bridgehead atoms. The molecule has 0 spiro atoms. The van der Waals surface area contributed by atoms with Crippen molar-refractivity contribution in [1.29, 1.82) is 0 Å². The SMILES string of the molecule is COc1cc(Br)cc(NC(=O)C(N)CCC(=O)O)c1. The number of ether oxygens (including phenoxy) is 1. The number of anilines is 1. The van der Waals surface area contributed by atoms with Gasteiger partial charge in [-0.2, -0.15) is 0 Å². The molecular weight excluding hydrogens is 316 g/mol. The Bertz CT molecular complexity index is 479. The standard InChI is InChI=1S/C12H15BrN2O4/c1-19-9-5-7(13)4-8(6-9)15-12(18)10(14)2-3-11(16)17/h4-6,10H,2-3,14H2,1H3,(H,15,18)(H,16,17). The number of nitrogens with one attached hydrogen (secondary N) is 1. The Labute approximate surface area is 119 Å². The number of hydrogen-bond donors (Lipinski definition) is 3. The molecular formula is C12H15BrN2O4. The maximum atomic E-state index is 11.8. The largest absolute Gasteiger partial charge is 0.497 e. The predicted octanol–water partition coefficient (Wildman–Crippen LogP) is 1.59. The molecule has 1 amide bonds. The summed E-state index contributed by atoms with van der Waals surface area (Å²) in [5.74, 6) is -0.822. The minimum Gasteiger partial charge on any atom is -0.497 e. The zero-order chi connectivity index (χ0) is 14.4. The van der Waals surface area contributed by atoms with Gasteiger partial charge in [-0.05, 0) is 18.6 Å². The number of benzene rings is 1. The molecule has 1 atom stereocenters. The van der Waals surface area contributed by atoms with E-state index in [4.69, 9.17) is 15.6 Å². The van der Waals surface area contributed by atoms with E-state index in [-0.39, 0.29) is 12.8 Å². The van der Waals surface area contributed by atoms with Crippen molar-refractivity contribution in [2.45, 2.75) is 18.9 Å². The molecule has 0 aromatic heterocycles. The van der Waals surface area contributed by atoms with Crippen LogP contribution in [0.5, 0.6) is 5.75 Å². The van der Waals surface area contributed by atoms with E-state index in [1.165, 1.54) is 7.11 Å². The first-order valence-corrected chi connectivity index (χ1v) is 6.34. The third kappa shape index (κ3) is 5.27. The molecule has 0 radical (unpaired) electrons. The highest BCUT2D eigenvalue weighted by Crippen LogP contribution is 2.24. The second-order valence-electron chi connectivity index (χ2n) is 3.91. The summed E-state index contributed by atoms with van der Waals surface area (Å²) in [5, 5.41) is 11.1. The highest BCUT2D eigenvalue weighted by Gasteiger charge is 2.15. The van der Waals surface area contributed by atoms with E-state index < -0.39 is 17.9 Å². The fraction of sp³-hybridized carbons (Fsp3) is 0.333. The summed E-state index contributed by atoms with van der Waals surface area (Å²) in [7, 11) is 1.52. The van der Waals surface area contributed by atoms with Crippen LogP contribution >= 0.6 is 15.9 Å². The Morgan fingerprint density at radius 1 is 1.47 bits per heavy atom. The van der Waals surface area contributed by atoms with Gasteiger partial charge in [0.1, 0.15) is 5.75 Å². The van der Waals surface area contributed by atoms with Crippen molar-refractivity contribution in [3.8, 4) is 5.75 Å². The summed E-state index contributed by atoms with van der Waals surface area (Å²) in [6, 6.07) is 4.23. The smallest absolute Gasteiger partial charge is 0.303 e. The Kier molecular flexibility index (Phi) is 5.78. The van der Waals surface area contributed by atoms with Gasteiger partial charge in [0, 0.05) is 22.6 Å². The van der Waals surface area contributed by atoms with Crippen LogP contribution in [0, 0.1) is 0 Å². The van der Waals surface area contributed by atoms with Crippen LogP contribution in [-0.2, 0) is 9.59 Å². The molecule has 7 heteroatoms. The Morgan fingerprint density at radius 2 is 2.16 bits per heavy atom. The van der Waals surface area contributed by atoms with Crippen molar-refractivity contribution in [1.82, 2.24) is 0 Å². The molecule has 0 saturated heterocycles. The molecule has 104 valence electrons. The van der Waals surface area contributed by atoms with Crippen LogP contribution in [0.2, 0.25) is 0 Å². The van der Waals surface area contributed by atoms with E-state index in [0.717, 1.165) is 4.47 Å². The molecule has 19 heavy (non-hydrogen) atoms. The number of carbonyl (C=O) groups is 2. The van der Waals surface area contributed by atoms with E-state index >= 15 is 0 Å². The molecule has 4 N–H and O–H groups in total. The lowest BCUT2D eigenvalue weighted by atomic mass is 10.1. The van der Waals surface area contributed by atoms with Gasteiger partial charge in [0.25, 0.3) is 0 Å². The van der Waals surface area contributed by atoms with Crippen molar-refractivity contribution >= 4 is 33.5 Å². The van der Waals surface area contributed by atoms with E-state index in [2.05, 4.69) is 21.2 Å². The normalized spacial score (nSPS) is 11.7. The molecule has 1 unspecified atom stereocenters. The molecule has 0 aliphatic heterocycles. The maximum absolute atomic E-state index is 11.8. The first-order chi connectivity index (χ1) is 8.92. The molecule has 0 heterocycles. The number of carboxylic acid groups (broad SMARTS) is 1. The number of halogens is 1. The average molecular weight is 331 g/mol. The first-order valence-electron chi connectivity index (χ1n) is 5.55. The van der Waals surface area contributed by atoms with Crippen LogP contribution in [0.25, 0.3) is 0 Å². The van der Waals surface area contributed by atoms with Crippen molar-refractivity contribution in [2.24, 2.45) is 5.73 Å². The fourth-order valence-corrected chi connectivity index (χ4v) is 1.87. The average Bonchev–Trinajstić information content (AvgIpc) is 2.34. The van der Waals surface area contributed by atoms with Gasteiger partial charge in [0.15, 0.2) is 0 Å². The van der Waals surface area contributed by atoms with E-state index in [9.17, 15) is 9.59 Å². The third-order valence-electron chi connectivity index (χ3n) is 2.38. The second kappa shape index (κ2) is 7.10. The van der Waals surface area contributed by atoms with E-state index in [1.807, 2.05) is 0 Å². The van der Waals surface area contributed by atoms with Crippen molar-refractivity contribution in [2.75, 3.05) is 12.4 Å². The van der Waals surface area contributed by atoms with Crippen molar-refractivity contribution < 1.29 is 19.4 Å². The Balaban J connectivity index is 2.65. The number of amides is 1. The van der Waals surface area contributed by atoms with Crippen LogP contribution in [0.15, 0.2) is 22.7 Å². The molecule has 6 nitrogen and oxygen atoms in total. The third-order valence-corrected chi connectivity index (χ3v) is 2.84. The van der Waals surface area contributed by atoms with Gasteiger partial charge in [-0.1, -0.05) is 15.9 Å². The van der Waals surface area contributed by atoms with Gasteiger partial charge < -0.3 is 20.9 Å². The lowest BCUT2D eigenvalue weighted by Crippen LogP contribution is -2.36. The topological polar surface area (TPSA) is 102 Å². The lowest BCUT2D eigenvalue weighted by Gasteiger charge is -2.12. The monoisotopic (exact) mass is 330 g/mol. The van der Waals surface area contributed by atoms with Gasteiger partial charge in [0.2, 0.25) is 5.91 Å². The van der Waals surface area contributed by atoms with Crippen molar-refractivity contribution in [3.05, 3.63) is 22.7 Å². The summed E-state index contributed by atoms with van der Waals surface area (Å²) < 4.78 is 5.82. The molecule has 1 aromatic rings. The second-order valence-corrected chi connectivity index (χ2v) is 4.82. The van der Waals surface area contributed by atoms with Gasteiger partial charge in [-0.3, -0.25) is 9.59 Å². The van der Waals surface area contributed by atoms with Crippen LogP contribution < -0.4 is 15.8 Å². The minimum atomic E-state index is -0.979. The number of carboxylic acids is 1. The molecule has 0 saturated carbocycles. The summed E-state index contributed by atoms with van der Waals surface area (Å²) in [4.78, 5) is 22.2. The number of hydrogen-bond acceptors (Lipinski definition) is 4. The van der Waals surface area contributed by atoms with Gasteiger partial charge >= 0.3 is 5.97 Å². The summed E-state index contributed by atoms with van der Waals surface area (Å²) >= 11 is 3.29. The van der Waals surface area contributed by atoms with Gasteiger partial charge in [-0.25, -0.2) is 0 Å².